The van der Waals surface area contributed by atoms with E-state index in [4.69, 9.17) is 0 Å². The molecule has 0 fully saturated rings. The van der Waals surface area contributed by atoms with E-state index in [-0.39, 0.29) is 23.4 Å². The molecule has 2 aromatic carbocycles. The summed E-state index contributed by atoms with van der Waals surface area (Å²) in [5.41, 5.74) is 3.90. The quantitative estimate of drug-likeness (QED) is 0.486. The highest BCUT2D eigenvalue weighted by Gasteiger charge is 2.18. The Balaban J connectivity index is 1.70. The highest BCUT2D eigenvalue weighted by atomic mass is 16.2. The van der Waals surface area contributed by atoms with E-state index in [1.165, 1.54) is 6.20 Å². The van der Waals surface area contributed by atoms with E-state index < -0.39 is 11.3 Å². The number of aromatic nitrogens is 2. The Kier molecular flexibility index (Phi) is 6.04. The summed E-state index contributed by atoms with van der Waals surface area (Å²) in [6.45, 7) is 5.62. The molecule has 0 radical (unpaired) electrons. The Bertz CT molecular complexity index is 1400. The molecule has 0 aliphatic rings. The third-order valence-corrected chi connectivity index (χ3v) is 5.16. The summed E-state index contributed by atoms with van der Waals surface area (Å²) < 4.78 is 1.54. The first-order valence-electron chi connectivity index (χ1n) is 10.6. The summed E-state index contributed by atoms with van der Waals surface area (Å²) in [5, 5.41) is 5.90. The van der Waals surface area contributed by atoms with E-state index in [1.807, 2.05) is 38.1 Å². The normalized spacial score (nSPS) is 10.8. The number of carbonyl (C=O) groups excluding carboxylic acids is 2. The van der Waals surface area contributed by atoms with Crippen LogP contribution in [-0.2, 0) is 11.3 Å². The number of pyridine rings is 2. The lowest BCUT2D eigenvalue weighted by Crippen LogP contribution is -2.27. The minimum Gasteiger partial charge on any atom is -0.325 e. The highest BCUT2D eigenvalue weighted by Crippen LogP contribution is 2.16. The molecule has 0 unspecified atom stereocenters. The molecule has 7 nitrogen and oxygen atoms in total. The predicted octanol–water partition coefficient (Wildman–Crippen LogP) is 4.21. The lowest BCUT2D eigenvalue weighted by atomic mass is 10.1. The zero-order valence-corrected chi connectivity index (χ0v) is 18.7. The standard InChI is InChI=1S/C26H24N4O3/c1-16-11-17(2)13-20(12-16)28-23(31)15-30-14-22(26(33)29-19-7-5-4-6-8-19)24(32)21-10-9-18(3)27-25(21)30/h4-14H,15H2,1-3H3,(H,28,31)(H,29,33). The molecule has 0 aliphatic carbocycles. The summed E-state index contributed by atoms with van der Waals surface area (Å²) in [7, 11) is 0. The third-order valence-electron chi connectivity index (χ3n) is 5.16. The number of rotatable bonds is 5. The summed E-state index contributed by atoms with van der Waals surface area (Å²) in [6.07, 6.45) is 1.40. The third kappa shape index (κ3) is 4.98. The number of amides is 2. The molecule has 4 rings (SSSR count). The molecule has 7 heteroatoms. The molecule has 2 amide bonds. The van der Waals surface area contributed by atoms with Gasteiger partial charge in [0.1, 0.15) is 17.8 Å². The van der Waals surface area contributed by atoms with Gasteiger partial charge in [0, 0.05) is 23.3 Å². The van der Waals surface area contributed by atoms with Crippen LogP contribution < -0.4 is 16.1 Å². The van der Waals surface area contributed by atoms with Crippen LogP contribution in [0.2, 0.25) is 0 Å². The van der Waals surface area contributed by atoms with Crippen molar-refractivity contribution in [2.24, 2.45) is 0 Å². The summed E-state index contributed by atoms with van der Waals surface area (Å²) in [4.78, 5) is 43.3. The molecule has 166 valence electrons. The molecule has 2 heterocycles. The van der Waals surface area contributed by atoms with E-state index in [2.05, 4.69) is 15.6 Å². The van der Waals surface area contributed by atoms with Gasteiger partial charge in [0.25, 0.3) is 5.91 Å². The van der Waals surface area contributed by atoms with Gasteiger partial charge in [-0.15, -0.1) is 0 Å². The van der Waals surface area contributed by atoms with Crippen LogP contribution in [0.1, 0.15) is 27.2 Å². The number of carbonyl (C=O) groups is 2. The van der Waals surface area contributed by atoms with Gasteiger partial charge in [-0.05, 0) is 68.3 Å². The SMILES string of the molecule is Cc1cc(C)cc(NC(=O)Cn2cc(C(=O)Nc3ccccc3)c(=O)c3ccc(C)nc32)c1. The molecule has 4 aromatic rings. The number of nitrogens with zero attached hydrogens (tertiary/aromatic N) is 2. The summed E-state index contributed by atoms with van der Waals surface area (Å²) in [5.74, 6) is -0.834. The second-order valence-electron chi connectivity index (χ2n) is 8.07. The molecule has 0 saturated carbocycles. The number of benzene rings is 2. The second kappa shape index (κ2) is 9.08. The number of hydrogen-bond acceptors (Lipinski definition) is 4. The van der Waals surface area contributed by atoms with Crippen LogP contribution in [0.3, 0.4) is 0 Å². The first kappa shape index (κ1) is 22.0. The number of aryl methyl sites for hydroxylation is 3. The minimum atomic E-state index is -0.544. The average Bonchev–Trinajstić information content (AvgIpc) is 2.75. The van der Waals surface area contributed by atoms with Crippen LogP contribution in [-0.4, -0.2) is 21.4 Å². The van der Waals surface area contributed by atoms with E-state index >= 15 is 0 Å². The smallest absolute Gasteiger partial charge is 0.261 e. The fourth-order valence-corrected chi connectivity index (χ4v) is 3.76. The van der Waals surface area contributed by atoms with Gasteiger partial charge in [0.2, 0.25) is 11.3 Å². The van der Waals surface area contributed by atoms with E-state index in [0.717, 1.165) is 11.1 Å². The van der Waals surface area contributed by atoms with Crippen molar-refractivity contribution in [1.29, 1.82) is 0 Å². The lowest BCUT2D eigenvalue weighted by molar-refractivity contribution is -0.116. The van der Waals surface area contributed by atoms with Crippen molar-refractivity contribution < 1.29 is 9.59 Å². The molecular formula is C26H24N4O3. The van der Waals surface area contributed by atoms with Crippen LogP contribution in [0.5, 0.6) is 0 Å². The van der Waals surface area contributed by atoms with Crippen LogP contribution in [0, 0.1) is 20.8 Å². The maximum atomic E-state index is 13.1. The van der Waals surface area contributed by atoms with Crippen LogP contribution in [0.25, 0.3) is 11.0 Å². The number of anilines is 2. The highest BCUT2D eigenvalue weighted by molar-refractivity contribution is 6.05. The Morgan fingerprint density at radius 3 is 2.27 bits per heavy atom. The Morgan fingerprint density at radius 2 is 1.58 bits per heavy atom. The van der Waals surface area contributed by atoms with Gasteiger partial charge in [0.15, 0.2) is 0 Å². The lowest BCUT2D eigenvalue weighted by Gasteiger charge is -2.14. The molecule has 0 spiro atoms. The molecule has 33 heavy (non-hydrogen) atoms. The van der Waals surface area contributed by atoms with Gasteiger partial charge in [-0.25, -0.2) is 4.98 Å². The molecule has 0 bridgehead atoms. The zero-order valence-electron chi connectivity index (χ0n) is 18.7. The summed E-state index contributed by atoms with van der Waals surface area (Å²) >= 11 is 0. The monoisotopic (exact) mass is 440 g/mol. The van der Waals surface area contributed by atoms with Crippen molar-refractivity contribution in [1.82, 2.24) is 9.55 Å². The first-order valence-corrected chi connectivity index (χ1v) is 10.6. The molecular weight excluding hydrogens is 416 g/mol. The molecule has 0 aliphatic heterocycles. The molecule has 0 atom stereocenters. The van der Waals surface area contributed by atoms with Crippen molar-refractivity contribution in [3.63, 3.8) is 0 Å². The second-order valence-corrected chi connectivity index (χ2v) is 8.07. The van der Waals surface area contributed by atoms with Crippen molar-refractivity contribution in [3.8, 4) is 0 Å². The summed E-state index contributed by atoms with van der Waals surface area (Å²) in [6, 6.07) is 18.0. The Hall–Kier alpha value is -4.26. The van der Waals surface area contributed by atoms with E-state index in [1.54, 1.807) is 47.9 Å². The average molecular weight is 441 g/mol. The van der Waals surface area contributed by atoms with Crippen molar-refractivity contribution >= 4 is 34.2 Å². The topological polar surface area (TPSA) is 93.1 Å². The van der Waals surface area contributed by atoms with Crippen molar-refractivity contribution in [3.05, 3.63) is 99.5 Å². The van der Waals surface area contributed by atoms with Gasteiger partial charge >= 0.3 is 0 Å². The largest absolute Gasteiger partial charge is 0.325 e. The minimum absolute atomic E-state index is 0.0591. The fraction of sp³-hybridized carbons (Fsp3) is 0.154. The van der Waals surface area contributed by atoms with Gasteiger partial charge in [0.05, 0.1) is 5.39 Å². The van der Waals surface area contributed by atoms with Crippen LogP contribution in [0.4, 0.5) is 11.4 Å². The Labute approximate surface area is 191 Å². The number of para-hydroxylation sites is 1. The van der Waals surface area contributed by atoms with Crippen LogP contribution in [0.15, 0.2) is 71.7 Å². The van der Waals surface area contributed by atoms with E-state index in [0.29, 0.717) is 22.7 Å². The fourth-order valence-electron chi connectivity index (χ4n) is 3.76. The number of hydrogen-bond donors (Lipinski definition) is 2. The van der Waals surface area contributed by atoms with Gasteiger partial charge in [-0.2, -0.15) is 0 Å². The number of fused-ring (bicyclic) bond motifs is 1. The molecule has 2 N–H and O–H groups in total. The zero-order chi connectivity index (χ0) is 23.5. The maximum Gasteiger partial charge on any atom is 0.261 e. The van der Waals surface area contributed by atoms with Crippen LogP contribution >= 0.6 is 0 Å². The van der Waals surface area contributed by atoms with E-state index in [9.17, 15) is 14.4 Å². The first-order chi connectivity index (χ1) is 15.8. The Morgan fingerprint density at radius 1 is 0.879 bits per heavy atom. The molecule has 2 aromatic heterocycles. The predicted molar refractivity (Wildman–Crippen MR) is 130 cm³/mol. The number of nitrogens with one attached hydrogen (secondary N) is 2. The van der Waals surface area contributed by atoms with Gasteiger partial charge in [-0.3, -0.25) is 14.4 Å². The van der Waals surface area contributed by atoms with Gasteiger partial charge in [-0.1, -0.05) is 24.3 Å². The van der Waals surface area contributed by atoms with Gasteiger partial charge < -0.3 is 15.2 Å². The van der Waals surface area contributed by atoms with Crippen molar-refractivity contribution in [2.45, 2.75) is 27.3 Å². The maximum absolute atomic E-state index is 13.1. The van der Waals surface area contributed by atoms with Crippen molar-refractivity contribution in [2.75, 3.05) is 10.6 Å². The molecule has 0 saturated heterocycles.